The molecule has 170 valence electrons. The van der Waals surface area contributed by atoms with Crippen LogP contribution in [0, 0.1) is 6.92 Å². The second-order valence-electron chi connectivity index (χ2n) is 8.06. The number of nitrogens with zero attached hydrogens (tertiary/aromatic N) is 3. The van der Waals surface area contributed by atoms with E-state index in [1.54, 1.807) is 13.3 Å². The number of piperidine rings is 1. The molecule has 4 rings (SSSR count). The van der Waals surface area contributed by atoms with E-state index in [9.17, 15) is 0 Å². The highest BCUT2D eigenvalue weighted by molar-refractivity contribution is 14.0. The number of guanidine groups is 1. The Morgan fingerprint density at radius 2 is 1.81 bits per heavy atom. The first-order valence-corrected chi connectivity index (χ1v) is 10.9. The van der Waals surface area contributed by atoms with E-state index in [1.165, 1.54) is 11.1 Å². The van der Waals surface area contributed by atoms with Crippen LogP contribution in [0.4, 0.5) is 0 Å². The van der Waals surface area contributed by atoms with Gasteiger partial charge in [0.2, 0.25) is 5.89 Å². The fourth-order valence-corrected chi connectivity index (χ4v) is 3.93. The lowest BCUT2D eigenvalue weighted by Gasteiger charge is -2.33. The van der Waals surface area contributed by atoms with E-state index < -0.39 is 0 Å². The molecule has 0 aliphatic carbocycles. The fraction of sp³-hybridized carbons (Fsp3) is 0.360. The third-order valence-electron chi connectivity index (χ3n) is 5.82. The van der Waals surface area contributed by atoms with Crippen molar-refractivity contribution in [3.8, 4) is 11.5 Å². The van der Waals surface area contributed by atoms with Gasteiger partial charge in [-0.15, -0.1) is 24.0 Å². The Morgan fingerprint density at radius 1 is 1.09 bits per heavy atom. The number of hydrogen-bond donors (Lipinski definition) is 2. The molecule has 2 N–H and O–H groups in total. The summed E-state index contributed by atoms with van der Waals surface area (Å²) in [6, 6.07) is 19.0. The summed E-state index contributed by atoms with van der Waals surface area (Å²) in [5.41, 5.74) is 4.63. The minimum atomic E-state index is 0. The van der Waals surface area contributed by atoms with Gasteiger partial charge in [0.1, 0.15) is 6.26 Å². The standard InChI is InChI=1S/C25H31N5O.HI/c1-19-8-6-7-11-21(19)17-30-14-12-22(13-15-30)29-25(26-2)27-16-23-18-31-24(28-23)20-9-4-3-5-10-20;/h3-11,18,22H,12-17H2,1-2H3,(H2,26,27,29);1H. The molecule has 1 aromatic heterocycles. The van der Waals surface area contributed by atoms with Gasteiger partial charge in [0.15, 0.2) is 5.96 Å². The summed E-state index contributed by atoms with van der Waals surface area (Å²) < 4.78 is 5.62. The Hall–Kier alpha value is -2.39. The Balaban J connectivity index is 0.00000289. The van der Waals surface area contributed by atoms with Crippen LogP contribution < -0.4 is 10.6 Å². The smallest absolute Gasteiger partial charge is 0.226 e. The molecule has 0 atom stereocenters. The largest absolute Gasteiger partial charge is 0.444 e. The molecule has 2 heterocycles. The number of rotatable bonds is 6. The Labute approximate surface area is 207 Å². The maximum absolute atomic E-state index is 5.62. The van der Waals surface area contributed by atoms with Crippen LogP contribution in [-0.4, -0.2) is 42.0 Å². The maximum Gasteiger partial charge on any atom is 0.226 e. The second kappa shape index (κ2) is 12.0. The second-order valence-corrected chi connectivity index (χ2v) is 8.06. The molecule has 0 bridgehead atoms. The number of aryl methyl sites for hydroxylation is 1. The Morgan fingerprint density at radius 3 is 2.53 bits per heavy atom. The minimum absolute atomic E-state index is 0. The molecule has 6 nitrogen and oxygen atoms in total. The predicted octanol–water partition coefficient (Wildman–Crippen LogP) is 4.60. The van der Waals surface area contributed by atoms with E-state index in [0.29, 0.717) is 18.5 Å². The molecule has 1 fully saturated rings. The van der Waals surface area contributed by atoms with Gasteiger partial charge in [0, 0.05) is 38.3 Å². The number of aromatic nitrogens is 1. The van der Waals surface area contributed by atoms with E-state index in [-0.39, 0.29) is 24.0 Å². The Bertz CT molecular complexity index is 996. The maximum atomic E-state index is 5.62. The highest BCUT2D eigenvalue weighted by Gasteiger charge is 2.20. The average molecular weight is 545 g/mol. The number of likely N-dealkylation sites (tertiary alicyclic amines) is 1. The van der Waals surface area contributed by atoms with Gasteiger partial charge in [0.05, 0.1) is 12.2 Å². The summed E-state index contributed by atoms with van der Waals surface area (Å²) in [6.45, 7) is 5.97. The first-order chi connectivity index (χ1) is 15.2. The first kappa shape index (κ1) is 24.3. The van der Waals surface area contributed by atoms with Crippen molar-refractivity contribution in [3.63, 3.8) is 0 Å². The summed E-state index contributed by atoms with van der Waals surface area (Å²) in [6.07, 6.45) is 3.91. The van der Waals surface area contributed by atoms with Crippen molar-refractivity contribution in [1.29, 1.82) is 0 Å². The molecule has 1 saturated heterocycles. The molecule has 0 radical (unpaired) electrons. The van der Waals surface area contributed by atoms with Crippen LogP contribution in [0.3, 0.4) is 0 Å². The molecule has 32 heavy (non-hydrogen) atoms. The van der Waals surface area contributed by atoms with E-state index in [0.717, 1.165) is 49.7 Å². The van der Waals surface area contributed by atoms with Gasteiger partial charge in [-0.2, -0.15) is 0 Å². The average Bonchev–Trinajstić information content (AvgIpc) is 3.29. The molecule has 0 amide bonds. The van der Waals surface area contributed by atoms with E-state index in [1.807, 2.05) is 30.3 Å². The molecule has 1 aliphatic heterocycles. The van der Waals surface area contributed by atoms with Gasteiger partial charge < -0.3 is 15.1 Å². The van der Waals surface area contributed by atoms with E-state index >= 15 is 0 Å². The van der Waals surface area contributed by atoms with Crippen molar-refractivity contribution in [2.24, 2.45) is 4.99 Å². The summed E-state index contributed by atoms with van der Waals surface area (Å²) in [7, 11) is 1.81. The molecule has 2 aromatic carbocycles. The van der Waals surface area contributed by atoms with E-state index in [4.69, 9.17) is 4.42 Å². The first-order valence-electron chi connectivity index (χ1n) is 10.9. The highest BCUT2D eigenvalue weighted by atomic mass is 127. The third kappa shape index (κ3) is 6.56. The monoisotopic (exact) mass is 545 g/mol. The van der Waals surface area contributed by atoms with Crippen LogP contribution in [0.2, 0.25) is 0 Å². The van der Waals surface area contributed by atoms with Crippen molar-refractivity contribution in [2.75, 3.05) is 20.1 Å². The molecule has 7 heteroatoms. The number of nitrogens with one attached hydrogen (secondary N) is 2. The minimum Gasteiger partial charge on any atom is -0.444 e. The van der Waals surface area contributed by atoms with Crippen LogP contribution in [0.1, 0.15) is 29.7 Å². The van der Waals surface area contributed by atoms with Crippen molar-refractivity contribution in [1.82, 2.24) is 20.5 Å². The lowest BCUT2D eigenvalue weighted by Crippen LogP contribution is -2.48. The van der Waals surface area contributed by atoms with Gasteiger partial charge in [0.25, 0.3) is 0 Å². The normalized spacial score (nSPS) is 15.2. The molecule has 0 spiro atoms. The number of oxazole rings is 1. The molecular weight excluding hydrogens is 513 g/mol. The third-order valence-corrected chi connectivity index (χ3v) is 5.82. The molecule has 3 aromatic rings. The quantitative estimate of drug-likeness (QED) is 0.270. The van der Waals surface area contributed by atoms with Crippen LogP contribution in [0.25, 0.3) is 11.5 Å². The predicted molar refractivity (Wildman–Crippen MR) is 140 cm³/mol. The van der Waals surface area contributed by atoms with Gasteiger partial charge in [-0.25, -0.2) is 4.98 Å². The van der Waals surface area contributed by atoms with Crippen molar-refractivity contribution in [2.45, 2.75) is 38.9 Å². The number of halogens is 1. The summed E-state index contributed by atoms with van der Waals surface area (Å²) in [5, 5.41) is 6.92. The fourth-order valence-electron chi connectivity index (χ4n) is 3.93. The van der Waals surface area contributed by atoms with Crippen molar-refractivity contribution >= 4 is 29.9 Å². The van der Waals surface area contributed by atoms with Crippen LogP contribution >= 0.6 is 24.0 Å². The zero-order valence-corrected chi connectivity index (χ0v) is 21.1. The zero-order chi connectivity index (χ0) is 21.5. The number of hydrogen-bond acceptors (Lipinski definition) is 4. The molecular formula is C25H32IN5O. The van der Waals surface area contributed by atoms with Crippen LogP contribution in [0.5, 0.6) is 0 Å². The molecule has 0 saturated carbocycles. The van der Waals surface area contributed by atoms with Gasteiger partial charge in [-0.05, 0) is 43.0 Å². The molecule has 1 aliphatic rings. The lowest BCUT2D eigenvalue weighted by molar-refractivity contribution is 0.198. The highest BCUT2D eigenvalue weighted by Crippen LogP contribution is 2.18. The zero-order valence-electron chi connectivity index (χ0n) is 18.8. The van der Waals surface area contributed by atoms with Crippen molar-refractivity contribution < 1.29 is 4.42 Å². The SMILES string of the molecule is CN=C(NCc1coc(-c2ccccc2)n1)NC1CCN(Cc2ccccc2C)CC1.I. The van der Waals surface area contributed by atoms with E-state index in [2.05, 4.69) is 56.7 Å². The van der Waals surface area contributed by atoms with Gasteiger partial charge >= 0.3 is 0 Å². The topological polar surface area (TPSA) is 65.7 Å². The number of aliphatic imine (C=N–C) groups is 1. The van der Waals surface area contributed by atoms with Gasteiger partial charge in [-0.3, -0.25) is 9.89 Å². The van der Waals surface area contributed by atoms with Crippen LogP contribution in [0.15, 0.2) is 70.3 Å². The summed E-state index contributed by atoms with van der Waals surface area (Å²) in [5.74, 6) is 1.45. The summed E-state index contributed by atoms with van der Waals surface area (Å²) >= 11 is 0. The van der Waals surface area contributed by atoms with Crippen LogP contribution in [-0.2, 0) is 13.1 Å². The number of benzene rings is 2. The van der Waals surface area contributed by atoms with Gasteiger partial charge in [-0.1, -0.05) is 42.5 Å². The lowest BCUT2D eigenvalue weighted by atomic mass is 10.0. The van der Waals surface area contributed by atoms with Crippen molar-refractivity contribution in [3.05, 3.63) is 77.7 Å². The summed E-state index contributed by atoms with van der Waals surface area (Å²) in [4.78, 5) is 11.5. The molecule has 0 unspecified atom stereocenters. The Kier molecular flexibility index (Phi) is 9.11.